The molecule has 0 aromatic heterocycles. The van der Waals surface area contributed by atoms with Gasteiger partial charge < -0.3 is 10.2 Å². The molecule has 3 fully saturated rings. The van der Waals surface area contributed by atoms with E-state index in [0.717, 1.165) is 44.9 Å². The molecule has 0 unspecified atom stereocenters. The van der Waals surface area contributed by atoms with Gasteiger partial charge in [0.15, 0.2) is 5.78 Å². The van der Waals surface area contributed by atoms with Crippen molar-refractivity contribution in [2.24, 2.45) is 28.6 Å². The Morgan fingerprint density at radius 2 is 1.96 bits per heavy atom. The molecule has 0 bridgehead atoms. The Morgan fingerprint density at radius 1 is 1.24 bits per heavy atom. The summed E-state index contributed by atoms with van der Waals surface area (Å²) in [5, 5.41) is 21.5. The first-order chi connectivity index (χ1) is 11.6. The summed E-state index contributed by atoms with van der Waals surface area (Å²) in [6.45, 7) is 6.11. The third-order valence-electron chi connectivity index (χ3n) is 8.79. The first kappa shape index (κ1) is 18.2. The highest BCUT2D eigenvalue weighted by Gasteiger charge is 2.68. The molecule has 4 aliphatic rings. The predicted molar refractivity (Wildman–Crippen MR) is 101 cm³/mol. The van der Waals surface area contributed by atoms with Gasteiger partial charge in [0.2, 0.25) is 0 Å². The van der Waals surface area contributed by atoms with E-state index in [9.17, 15) is 15.0 Å². The summed E-state index contributed by atoms with van der Waals surface area (Å²) in [4.78, 5) is 12.3. The quantitative estimate of drug-likeness (QED) is 0.507. The van der Waals surface area contributed by atoms with E-state index in [1.165, 1.54) is 5.57 Å². The summed E-state index contributed by atoms with van der Waals surface area (Å²) in [7, 11) is 0. The van der Waals surface area contributed by atoms with E-state index in [1.807, 2.05) is 0 Å². The summed E-state index contributed by atoms with van der Waals surface area (Å²) >= 11 is 3.67. The average Bonchev–Trinajstić information content (AvgIpc) is 2.77. The van der Waals surface area contributed by atoms with Gasteiger partial charge in [-0.3, -0.25) is 4.79 Å². The smallest absolute Gasteiger partial charge is 0.163 e. The van der Waals surface area contributed by atoms with Crippen LogP contribution in [0.1, 0.15) is 65.7 Å². The zero-order chi connectivity index (χ0) is 18.2. The van der Waals surface area contributed by atoms with Crippen LogP contribution in [-0.2, 0) is 4.79 Å². The number of carbonyl (C=O) groups is 1. The highest BCUT2D eigenvalue weighted by atomic mass is 79.9. The van der Waals surface area contributed by atoms with Crippen LogP contribution in [0.3, 0.4) is 0 Å². The van der Waals surface area contributed by atoms with Crippen LogP contribution in [0.4, 0.5) is 0 Å². The van der Waals surface area contributed by atoms with Crippen LogP contribution in [0.15, 0.2) is 11.6 Å². The minimum absolute atomic E-state index is 0.0862. The summed E-state index contributed by atoms with van der Waals surface area (Å²) in [6.07, 6.45) is 8.94. The lowest BCUT2D eigenvalue weighted by Crippen LogP contribution is -2.58. The lowest BCUT2D eigenvalue weighted by Gasteiger charge is -2.58. The largest absolute Gasteiger partial charge is 0.393 e. The molecule has 4 rings (SSSR count). The van der Waals surface area contributed by atoms with Gasteiger partial charge in [-0.1, -0.05) is 41.4 Å². The number of aliphatic hydroxyl groups is 2. The summed E-state index contributed by atoms with van der Waals surface area (Å²) in [6, 6.07) is 0. The molecule has 3 nitrogen and oxygen atoms in total. The van der Waals surface area contributed by atoms with Crippen molar-refractivity contribution in [2.75, 3.05) is 0 Å². The number of ketones is 1. The summed E-state index contributed by atoms with van der Waals surface area (Å²) < 4.78 is 0. The standard InChI is InChI=1S/C21H31BrO3/c1-12(23)21(25)18(22)11-17-15-5-4-13-10-14(24)6-8-19(13,2)16(15)7-9-20(17,21)3/h4,14-18,24-25H,5-11H2,1-3H3/t14-,15-,16+,17+,18+,19-,20+,21+/m0/s1. The van der Waals surface area contributed by atoms with Gasteiger partial charge in [0, 0.05) is 5.41 Å². The minimum atomic E-state index is -1.24. The van der Waals surface area contributed by atoms with Gasteiger partial charge in [0.1, 0.15) is 5.60 Å². The van der Waals surface area contributed by atoms with Crippen molar-refractivity contribution >= 4 is 21.7 Å². The Labute approximate surface area is 159 Å². The molecule has 0 radical (unpaired) electrons. The maximum Gasteiger partial charge on any atom is 0.163 e. The number of alkyl halides is 1. The van der Waals surface area contributed by atoms with Crippen molar-refractivity contribution in [1.82, 2.24) is 0 Å². The van der Waals surface area contributed by atoms with Gasteiger partial charge in [0.25, 0.3) is 0 Å². The molecule has 0 amide bonds. The summed E-state index contributed by atoms with van der Waals surface area (Å²) in [5.41, 5.74) is 0.0917. The van der Waals surface area contributed by atoms with Crippen LogP contribution in [0, 0.1) is 28.6 Å². The fourth-order valence-corrected chi connectivity index (χ4v) is 8.49. The SMILES string of the molecule is CC(=O)[C@@]1(O)[C@H](Br)C[C@@H]2[C@H]3CC=C4C[C@@H](O)CC[C@]4(C)[C@@H]3CC[C@]21C. The molecule has 8 atom stereocenters. The van der Waals surface area contributed by atoms with E-state index in [0.29, 0.717) is 17.8 Å². The predicted octanol–water partition coefficient (Wildman–Crippen LogP) is 4.00. The molecule has 4 aliphatic carbocycles. The second kappa shape index (κ2) is 5.65. The van der Waals surface area contributed by atoms with E-state index >= 15 is 0 Å². The molecule has 25 heavy (non-hydrogen) atoms. The van der Waals surface area contributed by atoms with E-state index in [1.54, 1.807) is 6.92 Å². The molecule has 2 N–H and O–H groups in total. The van der Waals surface area contributed by atoms with E-state index < -0.39 is 5.60 Å². The highest BCUT2D eigenvalue weighted by molar-refractivity contribution is 9.09. The number of allylic oxidation sites excluding steroid dienone is 1. The minimum Gasteiger partial charge on any atom is -0.393 e. The van der Waals surface area contributed by atoms with Gasteiger partial charge in [-0.05, 0) is 75.0 Å². The molecular weight excluding hydrogens is 380 g/mol. The number of hydrogen-bond donors (Lipinski definition) is 2. The van der Waals surface area contributed by atoms with Crippen molar-refractivity contribution in [2.45, 2.75) is 82.2 Å². The highest BCUT2D eigenvalue weighted by Crippen LogP contribution is 2.68. The monoisotopic (exact) mass is 410 g/mol. The second-order valence-corrected chi connectivity index (χ2v) is 10.7. The van der Waals surface area contributed by atoms with Crippen molar-refractivity contribution in [3.63, 3.8) is 0 Å². The van der Waals surface area contributed by atoms with E-state index in [4.69, 9.17) is 0 Å². The number of halogens is 1. The summed E-state index contributed by atoms with van der Waals surface area (Å²) in [5.74, 6) is 1.45. The van der Waals surface area contributed by atoms with Crippen molar-refractivity contribution in [3.8, 4) is 0 Å². The number of rotatable bonds is 1. The zero-order valence-electron chi connectivity index (χ0n) is 15.6. The van der Waals surface area contributed by atoms with Crippen molar-refractivity contribution in [3.05, 3.63) is 11.6 Å². The first-order valence-electron chi connectivity index (χ1n) is 9.89. The zero-order valence-corrected chi connectivity index (χ0v) is 17.2. The van der Waals surface area contributed by atoms with Crippen LogP contribution < -0.4 is 0 Å². The topological polar surface area (TPSA) is 57.5 Å². The number of hydrogen-bond acceptors (Lipinski definition) is 3. The van der Waals surface area contributed by atoms with Crippen LogP contribution >= 0.6 is 15.9 Å². The van der Waals surface area contributed by atoms with Gasteiger partial charge >= 0.3 is 0 Å². The maximum atomic E-state index is 12.4. The molecule has 0 aromatic carbocycles. The number of carbonyl (C=O) groups excluding carboxylic acids is 1. The maximum absolute atomic E-state index is 12.4. The van der Waals surface area contributed by atoms with Crippen molar-refractivity contribution in [1.29, 1.82) is 0 Å². The number of fused-ring (bicyclic) bond motifs is 5. The van der Waals surface area contributed by atoms with E-state index in [2.05, 4.69) is 35.9 Å². The molecule has 0 aliphatic heterocycles. The van der Waals surface area contributed by atoms with Crippen LogP contribution in [-0.4, -0.2) is 32.5 Å². The van der Waals surface area contributed by atoms with Crippen LogP contribution in [0.5, 0.6) is 0 Å². The van der Waals surface area contributed by atoms with Crippen LogP contribution in [0.25, 0.3) is 0 Å². The fraction of sp³-hybridized carbons (Fsp3) is 0.857. The Morgan fingerprint density at radius 3 is 2.64 bits per heavy atom. The molecular formula is C21H31BrO3. The number of aliphatic hydroxyl groups excluding tert-OH is 1. The lowest BCUT2D eigenvalue weighted by molar-refractivity contribution is -0.158. The normalized spacial score (nSPS) is 55.0. The van der Waals surface area contributed by atoms with Gasteiger partial charge in [-0.25, -0.2) is 0 Å². The molecule has 0 spiro atoms. The Kier molecular flexibility index (Phi) is 4.11. The molecule has 0 heterocycles. The van der Waals surface area contributed by atoms with Gasteiger partial charge in [0.05, 0.1) is 10.9 Å². The number of Topliss-reactive ketones (excluding diaryl/α,β-unsaturated/α-hetero) is 1. The average molecular weight is 411 g/mol. The molecule has 140 valence electrons. The Bertz CT molecular complexity index is 631. The van der Waals surface area contributed by atoms with Gasteiger partial charge in [-0.15, -0.1) is 0 Å². The van der Waals surface area contributed by atoms with E-state index in [-0.39, 0.29) is 27.5 Å². The van der Waals surface area contributed by atoms with Gasteiger partial charge in [-0.2, -0.15) is 0 Å². The molecule has 4 heteroatoms. The molecule has 0 aromatic rings. The van der Waals surface area contributed by atoms with Crippen LogP contribution in [0.2, 0.25) is 0 Å². The first-order valence-corrected chi connectivity index (χ1v) is 10.8. The Hall–Kier alpha value is -0.190. The second-order valence-electron chi connectivity index (χ2n) is 9.64. The lowest BCUT2D eigenvalue weighted by atomic mass is 9.47. The van der Waals surface area contributed by atoms with Crippen molar-refractivity contribution < 1.29 is 15.0 Å². The third-order valence-corrected chi connectivity index (χ3v) is 9.83. The third kappa shape index (κ3) is 2.20. The molecule has 0 saturated heterocycles. The fourth-order valence-electron chi connectivity index (χ4n) is 7.24. The molecule has 3 saturated carbocycles. The Balaban J connectivity index is 1.72.